The summed E-state index contributed by atoms with van der Waals surface area (Å²) in [5.41, 5.74) is 0.749. The van der Waals surface area contributed by atoms with E-state index in [-0.39, 0.29) is 19.1 Å². The molecule has 0 bridgehead atoms. The van der Waals surface area contributed by atoms with Gasteiger partial charge in [-0.25, -0.2) is 0 Å². The number of ether oxygens (including phenoxy) is 1. The monoisotopic (exact) mass is 328 g/mol. The van der Waals surface area contributed by atoms with Gasteiger partial charge in [-0.15, -0.1) is 0 Å². The van der Waals surface area contributed by atoms with Crippen molar-refractivity contribution in [1.82, 2.24) is 20.4 Å². The molecule has 0 spiro atoms. The van der Waals surface area contributed by atoms with Gasteiger partial charge in [0.15, 0.2) is 0 Å². The van der Waals surface area contributed by atoms with Crippen molar-refractivity contribution < 1.29 is 18.5 Å². The van der Waals surface area contributed by atoms with Crippen LogP contribution < -0.4 is 5.32 Å². The predicted octanol–water partition coefficient (Wildman–Crippen LogP) is 1.87. The summed E-state index contributed by atoms with van der Waals surface area (Å²) in [5, 5.41) is 6.54. The molecule has 24 heavy (non-hydrogen) atoms. The molecule has 3 aromatic heterocycles. The molecule has 0 saturated carbocycles. The molecule has 1 amide bonds. The average molecular weight is 328 g/mol. The van der Waals surface area contributed by atoms with Gasteiger partial charge in [-0.1, -0.05) is 5.16 Å². The van der Waals surface area contributed by atoms with E-state index < -0.39 is 0 Å². The maximum atomic E-state index is 11.7. The molecule has 0 aliphatic rings. The highest BCUT2D eigenvalue weighted by Crippen LogP contribution is 2.13. The first kappa shape index (κ1) is 15.9. The van der Waals surface area contributed by atoms with E-state index in [9.17, 15) is 4.79 Å². The Labute approximate surface area is 137 Å². The molecule has 0 fully saturated rings. The summed E-state index contributed by atoms with van der Waals surface area (Å²) in [6.07, 6.45) is 3.30. The fourth-order valence-corrected chi connectivity index (χ4v) is 1.97. The van der Waals surface area contributed by atoms with Crippen molar-refractivity contribution >= 4 is 5.91 Å². The topological polar surface area (TPSA) is 103 Å². The van der Waals surface area contributed by atoms with Crippen LogP contribution in [0.2, 0.25) is 0 Å². The molecule has 0 aromatic carbocycles. The molecule has 0 atom stereocenters. The Morgan fingerprint density at radius 3 is 3.00 bits per heavy atom. The lowest BCUT2D eigenvalue weighted by molar-refractivity contribution is -0.126. The van der Waals surface area contributed by atoms with Crippen LogP contribution in [-0.4, -0.2) is 27.6 Å². The van der Waals surface area contributed by atoms with Gasteiger partial charge >= 0.3 is 0 Å². The van der Waals surface area contributed by atoms with Gasteiger partial charge < -0.3 is 19.0 Å². The normalized spacial score (nSPS) is 10.7. The van der Waals surface area contributed by atoms with Gasteiger partial charge in [0, 0.05) is 18.0 Å². The lowest BCUT2D eigenvalue weighted by Crippen LogP contribution is -2.26. The third-order valence-electron chi connectivity index (χ3n) is 3.10. The van der Waals surface area contributed by atoms with Crippen molar-refractivity contribution in [3.05, 3.63) is 54.1 Å². The van der Waals surface area contributed by atoms with E-state index in [0.717, 1.165) is 11.3 Å². The number of pyridine rings is 1. The molecule has 8 nitrogen and oxygen atoms in total. The molecule has 0 aliphatic heterocycles. The lowest BCUT2D eigenvalue weighted by atomic mass is 10.3. The van der Waals surface area contributed by atoms with E-state index in [1.165, 1.54) is 0 Å². The molecule has 3 heterocycles. The molecular formula is C16H16N4O4. The van der Waals surface area contributed by atoms with Gasteiger partial charge in [0.2, 0.25) is 11.7 Å². The molecule has 3 rings (SSSR count). The van der Waals surface area contributed by atoms with Crippen LogP contribution in [0.15, 0.2) is 45.6 Å². The summed E-state index contributed by atoms with van der Waals surface area (Å²) in [6, 6.07) is 7.27. The Morgan fingerprint density at radius 1 is 1.33 bits per heavy atom. The SMILES string of the molecule is Cc1ccc(CNC(=O)COCc2nc(-c3cccnc3)no2)o1. The summed E-state index contributed by atoms with van der Waals surface area (Å²) in [6.45, 7) is 2.12. The Bertz CT molecular complexity index is 797. The van der Waals surface area contributed by atoms with Gasteiger partial charge in [-0.05, 0) is 31.2 Å². The largest absolute Gasteiger partial charge is 0.465 e. The molecule has 0 aliphatic carbocycles. The first-order chi connectivity index (χ1) is 11.7. The highest BCUT2D eigenvalue weighted by molar-refractivity contribution is 5.77. The Hall–Kier alpha value is -3.00. The molecule has 124 valence electrons. The second-order valence-corrected chi connectivity index (χ2v) is 5.04. The van der Waals surface area contributed by atoms with Crippen molar-refractivity contribution in [3.8, 4) is 11.4 Å². The van der Waals surface area contributed by atoms with Crippen LogP contribution in [0.4, 0.5) is 0 Å². The molecule has 3 aromatic rings. The molecule has 0 radical (unpaired) electrons. The third kappa shape index (κ3) is 4.26. The van der Waals surface area contributed by atoms with Crippen LogP contribution in [0, 0.1) is 6.92 Å². The van der Waals surface area contributed by atoms with Gasteiger partial charge in [-0.2, -0.15) is 4.98 Å². The van der Waals surface area contributed by atoms with Crippen LogP contribution >= 0.6 is 0 Å². The first-order valence-corrected chi connectivity index (χ1v) is 7.33. The van der Waals surface area contributed by atoms with Crippen molar-refractivity contribution in [2.24, 2.45) is 0 Å². The van der Waals surface area contributed by atoms with Gasteiger partial charge in [0.05, 0.1) is 6.54 Å². The summed E-state index contributed by atoms with van der Waals surface area (Å²) in [5.74, 6) is 1.97. The zero-order chi connectivity index (χ0) is 16.8. The molecule has 0 unspecified atom stereocenters. The fraction of sp³-hybridized carbons (Fsp3) is 0.250. The number of carbonyl (C=O) groups excluding carboxylic acids is 1. The molecule has 1 N–H and O–H groups in total. The number of aromatic nitrogens is 3. The highest BCUT2D eigenvalue weighted by Gasteiger charge is 2.10. The first-order valence-electron chi connectivity index (χ1n) is 7.33. The molecule has 0 saturated heterocycles. The van der Waals surface area contributed by atoms with Crippen LogP contribution in [-0.2, 0) is 22.7 Å². The van der Waals surface area contributed by atoms with Gasteiger partial charge in [-0.3, -0.25) is 9.78 Å². The number of hydrogen-bond acceptors (Lipinski definition) is 7. The lowest BCUT2D eigenvalue weighted by Gasteiger charge is -2.03. The van der Waals surface area contributed by atoms with Crippen molar-refractivity contribution in [3.63, 3.8) is 0 Å². The zero-order valence-corrected chi connectivity index (χ0v) is 13.1. The van der Waals surface area contributed by atoms with E-state index in [0.29, 0.717) is 24.0 Å². The quantitative estimate of drug-likeness (QED) is 0.706. The maximum absolute atomic E-state index is 11.7. The summed E-state index contributed by atoms with van der Waals surface area (Å²) in [7, 11) is 0. The van der Waals surface area contributed by atoms with E-state index in [1.54, 1.807) is 18.5 Å². The predicted molar refractivity (Wildman–Crippen MR) is 82.5 cm³/mol. The zero-order valence-electron chi connectivity index (χ0n) is 13.1. The molecular weight excluding hydrogens is 312 g/mol. The number of nitrogens with zero attached hydrogens (tertiary/aromatic N) is 3. The Balaban J connectivity index is 1.41. The number of hydrogen-bond donors (Lipinski definition) is 1. The summed E-state index contributed by atoms with van der Waals surface area (Å²) >= 11 is 0. The van der Waals surface area contributed by atoms with E-state index in [1.807, 2.05) is 25.1 Å². The standard InChI is InChI=1S/C16H16N4O4/c1-11-4-5-13(23-11)8-18-14(21)9-22-10-15-19-16(20-24-15)12-3-2-6-17-7-12/h2-7H,8-10H2,1H3,(H,18,21). The van der Waals surface area contributed by atoms with E-state index >= 15 is 0 Å². The van der Waals surface area contributed by atoms with Gasteiger partial charge in [0.1, 0.15) is 24.7 Å². The van der Waals surface area contributed by atoms with Gasteiger partial charge in [0.25, 0.3) is 5.89 Å². The van der Waals surface area contributed by atoms with E-state index in [4.69, 9.17) is 13.7 Å². The number of rotatable bonds is 7. The van der Waals surface area contributed by atoms with Crippen LogP contribution in [0.1, 0.15) is 17.4 Å². The summed E-state index contributed by atoms with van der Waals surface area (Å²) < 4.78 is 15.7. The number of nitrogens with one attached hydrogen (secondary N) is 1. The number of aryl methyl sites for hydroxylation is 1. The smallest absolute Gasteiger partial charge is 0.252 e. The Kier molecular flexibility index (Phi) is 4.97. The second kappa shape index (κ2) is 7.51. The van der Waals surface area contributed by atoms with Crippen LogP contribution in [0.3, 0.4) is 0 Å². The number of carbonyl (C=O) groups is 1. The van der Waals surface area contributed by atoms with E-state index in [2.05, 4.69) is 20.4 Å². The highest BCUT2D eigenvalue weighted by atomic mass is 16.5. The average Bonchev–Trinajstić information content (AvgIpc) is 3.23. The second-order valence-electron chi connectivity index (χ2n) is 5.04. The van der Waals surface area contributed by atoms with Crippen molar-refractivity contribution in [2.45, 2.75) is 20.1 Å². The minimum Gasteiger partial charge on any atom is -0.465 e. The van der Waals surface area contributed by atoms with Crippen molar-refractivity contribution in [1.29, 1.82) is 0 Å². The van der Waals surface area contributed by atoms with Crippen LogP contribution in [0.25, 0.3) is 11.4 Å². The fourth-order valence-electron chi connectivity index (χ4n) is 1.97. The minimum atomic E-state index is -0.254. The third-order valence-corrected chi connectivity index (χ3v) is 3.10. The number of amides is 1. The van der Waals surface area contributed by atoms with Crippen LogP contribution in [0.5, 0.6) is 0 Å². The minimum absolute atomic E-state index is 0.0561. The molecule has 8 heteroatoms. The summed E-state index contributed by atoms with van der Waals surface area (Å²) in [4.78, 5) is 19.9. The number of furan rings is 1. The Morgan fingerprint density at radius 2 is 2.25 bits per heavy atom. The maximum Gasteiger partial charge on any atom is 0.252 e. The van der Waals surface area contributed by atoms with Crippen molar-refractivity contribution in [2.75, 3.05) is 6.61 Å².